The molecule has 94 valence electrons. The molecule has 0 saturated carbocycles. The quantitative estimate of drug-likeness (QED) is 0.618. The molecule has 3 N–H and O–H groups in total. The first-order chi connectivity index (χ1) is 8.15. The zero-order valence-corrected chi connectivity index (χ0v) is 11.4. The highest BCUT2D eigenvalue weighted by Crippen LogP contribution is 2.19. The van der Waals surface area contributed by atoms with Crippen LogP contribution >= 0.6 is 23.4 Å². The van der Waals surface area contributed by atoms with Gasteiger partial charge in [0, 0.05) is 12.1 Å². The zero-order chi connectivity index (χ0) is 12.7. The van der Waals surface area contributed by atoms with Gasteiger partial charge in [-0.05, 0) is 36.1 Å². The molecule has 1 aromatic rings. The van der Waals surface area contributed by atoms with E-state index in [0.717, 1.165) is 17.9 Å². The molecule has 3 nitrogen and oxygen atoms in total. The average molecular weight is 273 g/mol. The second-order valence-electron chi connectivity index (χ2n) is 3.54. The normalized spacial score (nSPS) is 10.2. The summed E-state index contributed by atoms with van der Waals surface area (Å²) in [6.45, 7) is 2.81. The van der Waals surface area contributed by atoms with Gasteiger partial charge in [-0.15, -0.1) is 0 Å². The van der Waals surface area contributed by atoms with Crippen LogP contribution in [0.5, 0.6) is 0 Å². The number of carbonyl (C=O) groups excluding carboxylic acids is 1. The lowest BCUT2D eigenvalue weighted by Gasteiger charge is -2.06. The molecule has 0 unspecified atom stereocenters. The van der Waals surface area contributed by atoms with Crippen LogP contribution in [0.2, 0.25) is 5.02 Å². The van der Waals surface area contributed by atoms with Crippen LogP contribution in [0.4, 0.5) is 5.69 Å². The summed E-state index contributed by atoms with van der Waals surface area (Å²) < 4.78 is 0. The summed E-state index contributed by atoms with van der Waals surface area (Å²) in [5, 5.41) is 3.33. The van der Waals surface area contributed by atoms with Crippen molar-refractivity contribution in [3.05, 3.63) is 28.8 Å². The molecule has 17 heavy (non-hydrogen) atoms. The fourth-order valence-electron chi connectivity index (χ4n) is 1.31. The van der Waals surface area contributed by atoms with E-state index in [-0.39, 0.29) is 5.91 Å². The monoisotopic (exact) mass is 272 g/mol. The number of nitrogens with one attached hydrogen (secondary N) is 1. The first-order valence-electron chi connectivity index (χ1n) is 5.56. The number of hydrogen-bond acceptors (Lipinski definition) is 3. The van der Waals surface area contributed by atoms with Gasteiger partial charge in [0.05, 0.1) is 10.7 Å². The fourth-order valence-corrected chi connectivity index (χ4v) is 2.06. The highest BCUT2D eigenvalue weighted by molar-refractivity contribution is 7.99. The van der Waals surface area contributed by atoms with Gasteiger partial charge in [0.1, 0.15) is 0 Å². The van der Waals surface area contributed by atoms with Crippen LogP contribution in [0.3, 0.4) is 0 Å². The van der Waals surface area contributed by atoms with E-state index < -0.39 is 0 Å². The lowest BCUT2D eigenvalue weighted by Crippen LogP contribution is -2.24. The third kappa shape index (κ3) is 4.88. The Balaban J connectivity index is 2.39. The van der Waals surface area contributed by atoms with E-state index in [1.165, 1.54) is 0 Å². The SMILES string of the molecule is CCSCCCNC(=O)c1ccc(Cl)c(N)c1. The van der Waals surface area contributed by atoms with Crippen LogP contribution in [0.25, 0.3) is 0 Å². The molecule has 0 fully saturated rings. The maximum Gasteiger partial charge on any atom is 0.251 e. The second-order valence-corrected chi connectivity index (χ2v) is 5.34. The van der Waals surface area contributed by atoms with Gasteiger partial charge < -0.3 is 11.1 Å². The molecule has 0 spiro atoms. The molecule has 0 saturated heterocycles. The number of hydrogen-bond donors (Lipinski definition) is 2. The molecule has 0 aliphatic rings. The molecule has 0 aromatic heterocycles. The molecule has 0 atom stereocenters. The van der Waals surface area contributed by atoms with Crippen molar-refractivity contribution in [3.63, 3.8) is 0 Å². The summed E-state index contributed by atoms with van der Waals surface area (Å²) in [6, 6.07) is 4.91. The summed E-state index contributed by atoms with van der Waals surface area (Å²) in [4.78, 5) is 11.7. The smallest absolute Gasteiger partial charge is 0.251 e. The first-order valence-corrected chi connectivity index (χ1v) is 7.09. The van der Waals surface area contributed by atoms with Crippen molar-refractivity contribution in [2.75, 3.05) is 23.8 Å². The van der Waals surface area contributed by atoms with E-state index in [2.05, 4.69) is 12.2 Å². The third-order valence-corrected chi connectivity index (χ3v) is 3.54. The number of halogens is 1. The average Bonchev–Trinajstić information content (AvgIpc) is 2.32. The first kappa shape index (κ1) is 14.2. The molecule has 1 aromatic carbocycles. The van der Waals surface area contributed by atoms with Gasteiger partial charge in [-0.1, -0.05) is 18.5 Å². The van der Waals surface area contributed by atoms with E-state index in [4.69, 9.17) is 17.3 Å². The van der Waals surface area contributed by atoms with E-state index in [0.29, 0.717) is 22.8 Å². The predicted molar refractivity (Wildman–Crippen MR) is 75.8 cm³/mol. The van der Waals surface area contributed by atoms with Crippen LogP contribution < -0.4 is 11.1 Å². The minimum atomic E-state index is -0.102. The molecule has 1 amide bonds. The molecule has 0 bridgehead atoms. The maximum atomic E-state index is 11.7. The number of thioether (sulfide) groups is 1. The van der Waals surface area contributed by atoms with Crippen LogP contribution in [0, 0.1) is 0 Å². The third-order valence-electron chi connectivity index (χ3n) is 2.21. The second kappa shape index (κ2) is 7.45. The topological polar surface area (TPSA) is 55.1 Å². The Morgan fingerprint density at radius 1 is 1.53 bits per heavy atom. The lowest BCUT2D eigenvalue weighted by atomic mass is 10.2. The molecular weight excluding hydrogens is 256 g/mol. The number of rotatable bonds is 6. The van der Waals surface area contributed by atoms with Crippen molar-refractivity contribution in [3.8, 4) is 0 Å². The number of benzene rings is 1. The van der Waals surface area contributed by atoms with Crippen LogP contribution in [-0.4, -0.2) is 24.0 Å². The number of amides is 1. The Morgan fingerprint density at radius 2 is 2.29 bits per heavy atom. The maximum absolute atomic E-state index is 11.7. The van der Waals surface area contributed by atoms with Gasteiger partial charge in [0.2, 0.25) is 0 Å². The summed E-state index contributed by atoms with van der Waals surface area (Å²) in [6.07, 6.45) is 0.979. The fraction of sp³-hybridized carbons (Fsp3) is 0.417. The van der Waals surface area contributed by atoms with E-state index in [1.807, 2.05) is 11.8 Å². The molecule has 0 aliphatic heterocycles. The molecular formula is C12H17ClN2OS. The Kier molecular flexibility index (Phi) is 6.22. The Labute approximate surface area is 111 Å². The Morgan fingerprint density at radius 3 is 2.94 bits per heavy atom. The molecule has 0 heterocycles. The number of nitrogens with two attached hydrogens (primary N) is 1. The van der Waals surface area contributed by atoms with Crippen molar-refractivity contribution in [1.29, 1.82) is 0 Å². The van der Waals surface area contributed by atoms with Gasteiger partial charge in [0.25, 0.3) is 5.91 Å². The Hall–Kier alpha value is -0.870. The molecule has 1 rings (SSSR count). The van der Waals surface area contributed by atoms with Crippen molar-refractivity contribution < 1.29 is 4.79 Å². The van der Waals surface area contributed by atoms with Crippen molar-refractivity contribution in [2.24, 2.45) is 0 Å². The van der Waals surface area contributed by atoms with Gasteiger partial charge in [-0.25, -0.2) is 0 Å². The van der Waals surface area contributed by atoms with Gasteiger partial charge >= 0.3 is 0 Å². The van der Waals surface area contributed by atoms with Crippen LogP contribution in [0.15, 0.2) is 18.2 Å². The minimum Gasteiger partial charge on any atom is -0.398 e. The highest BCUT2D eigenvalue weighted by atomic mass is 35.5. The molecule has 0 aliphatic carbocycles. The largest absolute Gasteiger partial charge is 0.398 e. The summed E-state index contributed by atoms with van der Waals surface area (Å²) in [5.41, 5.74) is 6.62. The number of carbonyl (C=O) groups is 1. The zero-order valence-electron chi connectivity index (χ0n) is 9.83. The summed E-state index contributed by atoms with van der Waals surface area (Å²) in [5.74, 6) is 2.08. The standard InChI is InChI=1S/C12H17ClN2OS/c1-2-17-7-3-6-15-12(16)9-4-5-10(13)11(14)8-9/h4-5,8H,2-3,6-7,14H2,1H3,(H,15,16). The van der Waals surface area contributed by atoms with E-state index in [9.17, 15) is 4.79 Å². The molecule has 5 heteroatoms. The minimum absolute atomic E-state index is 0.102. The van der Waals surface area contributed by atoms with Crippen molar-refractivity contribution in [1.82, 2.24) is 5.32 Å². The van der Waals surface area contributed by atoms with Gasteiger partial charge in [0.15, 0.2) is 0 Å². The van der Waals surface area contributed by atoms with Crippen molar-refractivity contribution >= 4 is 35.0 Å². The van der Waals surface area contributed by atoms with Crippen LogP contribution in [0.1, 0.15) is 23.7 Å². The molecule has 0 radical (unpaired) electrons. The highest BCUT2D eigenvalue weighted by Gasteiger charge is 2.06. The van der Waals surface area contributed by atoms with Gasteiger partial charge in [-0.3, -0.25) is 4.79 Å². The van der Waals surface area contributed by atoms with E-state index >= 15 is 0 Å². The number of nitrogen functional groups attached to an aromatic ring is 1. The Bertz CT molecular complexity index is 385. The van der Waals surface area contributed by atoms with Gasteiger partial charge in [-0.2, -0.15) is 11.8 Å². The number of anilines is 1. The predicted octanol–water partition coefficient (Wildman–Crippen LogP) is 2.80. The van der Waals surface area contributed by atoms with E-state index in [1.54, 1.807) is 18.2 Å². The lowest BCUT2D eigenvalue weighted by molar-refractivity contribution is 0.0954. The van der Waals surface area contributed by atoms with Crippen molar-refractivity contribution in [2.45, 2.75) is 13.3 Å². The summed E-state index contributed by atoms with van der Waals surface area (Å²) in [7, 11) is 0. The summed E-state index contributed by atoms with van der Waals surface area (Å²) >= 11 is 7.66. The van der Waals surface area contributed by atoms with Crippen LogP contribution in [-0.2, 0) is 0 Å².